The summed E-state index contributed by atoms with van der Waals surface area (Å²) in [4.78, 5) is 22.1. The molecule has 0 saturated carbocycles. The van der Waals surface area contributed by atoms with E-state index >= 15 is 0 Å². The molecule has 0 bridgehead atoms. The fraction of sp³-hybridized carbons (Fsp3) is 0.500. The zero-order chi connectivity index (χ0) is 22.5. The van der Waals surface area contributed by atoms with Crippen molar-refractivity contribution in [3.8, 4) is 0 Å². The highest BCUT2D eigenvalue weighted by molar-refractivity contribution is 5.91. The second kappa shape index (κ2) is 10.6. The molecule has 5 rings (SSSR count). The molecule has 2 saturated heterocycles. The molecule has 1 aromatic heterocycles. The van der Waals surface area contributed by atoms with Crippen LogP contribution in [0.2, 0.25) is 0 Å². The molecule has 2 aromatic rings. The van der Waals surface area contributed by atoms with E-state index in [2.05, 4.69) is 34.1 Å². The number of carbonyl (C=O) groups is 1. The summed E-state index contributed by atoms with van der Waals surface area (Å²) in [6, 6.07) is 15.3. The van der Waals surface area contributed by atoms with Crippen LogP contribution in [0.3, 0.4) is 0 Å². The number of carbonyl (C=O) groups excluding carboxylic acids is 1. The summed E-state index contributed by atoms with van der Waals surface area (Å²) in [6.07, 6.45) is 12.3. The van der Waals surface area contributed by atoms with Crippen molar-refractivity contribution in [1.82, 2.24) is 14.8 Å². The van der Waals surface area contributed by atoms with Crippen molar-refractivity contribution in [2.75, 3.05) is 32.8 Å². The quantitative estimate of drug-likeness (QED) is 0.605. The Hall–Kier alpha value is -2.50. The summed E-state index contributed by atoms with van der Waals surface area (Å²) >= 11 is 0. The Morgan fingerprint density at radius 1 is 1.03 bits per heavy atom. The average Bonchev–Trinajstić information content (AvgIpc) is 3.53. The van der Waals surface area contributed by atoms with Crippen LogP contribution < -0.4 is 0 Å². The van der Waals surface area contributed by atoms with Crippen LogP contribution in [0.4, 0.5) is 0 Å². The van der Waals surface area contributed by atoms with Crippen LogP contribution in [-0.2, 0) is 22.4 Å². The lowest BCUT2D eigenvalue weighted by molar-refractivity contribution is -0.128. The van der Waals surface area contributed by atoms with E-state index in [-0.39, 0.29) is 12.0 Å². The maximum Gasteiger partial charge on any atom is 0.246 e. The van der Waals surface area contributed by atoms with Gasteiger partial charge in [-0.2, -0.15) is 0 Å². The number of amides is 1. The molecular weight excluding hydrogens is 410 g/mol. The standard InChI is InChI=1S/C28H35N3O2/c32-28(11-10-25-8-3-4-14-29-25)31(21-27-9-5-17-33-27)20-22-12-15-30(16-13-22)26-18-23-6-1-2-7-24(23)19-26/h1-4,6-8,10-11,14,22,26-27H,5,9,12-13,15-21H2/b11-10+/t27-/m1/s1. The smallest absolute Gasteiger partial charge is 0.246 e. The number of fused-ring (bicyclic) bond motifs is 1. The summed E-state index contributed by atoms with van der Waals surface area (Å²) in [5.41, 5.74) is 3.86. The minimum atomic E-state index is 0.0739. The summed E-state index contributed by atoms with van der Waals surface area (Å²) < 4.78 is 5.86. The Balaban J connectivity index is 1.17. The Kier molecular flexibility index (Phi) is 7.18. The molecular formula is C28H35N3O2. The van der Waals surface area contributed by atoms with Crippen LogP contribution in [0.15, 0.2) is 54.7 Å². The topological polar surface area (TPSA) is 45.7 Å². The third-order valence-corrected chi connectivity index (χ3v) is 7.52. The van der Waals surface area contributed by atoms with Crippen LogP contribution in [0.25, 0.3) is 6.08 Å². The number of aromatic nitrogens is 1. The molecule has 0 radical (unpaired) electrons. The van der Waals surface area contributed by atoms with Gasteiger partial charge >= 0.3 is 0 Å². The maximum absolute atomic E-state index is 13.1. The molecule has 1 aliphatic carbocycles. The van der Waals surface area contributed by atoms with Crippen LogP contribution in [0.1, 0.15) is 42.5 Å². The minimum Gasteiger partial charge on any atom is -0.376 e. The molecule has 1 amide bonds. The molecule has 2 fully saturated rings. The summed E-state index contributed by atoms with van der Waals surface area (Å²) in [6.45, 7) is 4.61. The first-order chi connectivity index (χ1) is 16.2. The number of benzene rings is 1. The minimum absolute atomic E-state index is 0.0739. The Morgan fingerprint density at radius 2 is 1.79 bits per heavy atom. The van der Waals surface area contributed by atoms with Crippen molar-refractivity contribution in [3.05, 3.63) is 71.6 Å². The Bertz CT molecular complexity index is 922. The van der Waals surface area contributed by atoms with Crippen molar-refractivity contribution in [2.45, 2.75) is 50.7 Å². The van der Waals surface area contributed by atoms with Crippen LogP contribution in [0, 0.1) is 5.92 Å². The normalized spacial score (nSPS) is 22.1. The van der Waals surface area contributed by atoms with E-state index in [1.807, 2.05) is 29.2 Å². The number of ether oxygens (including phenoxy) is 1. The zero-order valence-corrected chi connectivity index (χ0v) is 19.4. The van der Waals surface area contributed by atoms with Crippen LogP contribution in [-0.4, -0.2) is 65.6 Å². The Morgan fingerprint density at radius 3 is 2.45 bits per heavy atom. The molecule has 1 atom stereocenters. The van der Waals surface area contributed by atoms with Gasteiger partial charge < -0.3 is 9.64 Å². The Labute approximate surface area is 197 Å². The van der Waals surface area contributed by atoms with Gasteiger partial charge in [-0.15, -0.1) is 0 Å². The van der Waals surface area contributed by atoms with Crippen LogP contribution in [0.5, 0.6) is 0 Å². The number of rotatable bonds is 7. The molecule has 0 unspecified atom stereocenters. The molecule has 5 nitrogen and oxygen atoms in total. The molecule has 174 valence electrons. The van der Waals surface area contributed by atoms with Crippen molar-refractivity contribution >= 4 is 12.0 Å². The number of hydrogen-bond acceptors (Lipinski definition) is 4. The number of piperidine rings is 1. The van der Waals surface area contributed by atoms with Gasteiger partial charge in [0.1, 0.15) is 0 Å². The summed E-state index contributed by atoms with van der Waals surface area (Å²) in [7, 11) is 0. The fourth-order valence-electron chi connectivity index (χ4n) is 5.63. The molecule has 2 aliphatic heterocycles. The highest BCUT2D eigenvalue weighted by atomic mass is 16.5. The highest BCUT2D eigenvalue weighted by Crippen LogP contribution is 2.29. The molecule has 0 spiro atoms. The van der Waals surface area contributed by atoms with E-state index < -0.39 is 0 Å². The van der Waals surface area contributed by atoms with Gasteiger partial charge in [0.05, 0.1) is 11.8 Å². The molecule has 33 heavy (non-hydrogen) atoms. The number of nitrogens with zero attached hydrogens (tertiary/aromatic N) is 3. The van der Waals surface area contributed by atoms with Gasteiger partial charge in [0.15, 0.2) is 0 Å². The van der Waals surface area contributed by atoms with Gasteiger partial charge in [-0.25, -0.2) is 0 Å². The number of hydrogen-bond donors (Lipinski definition) is 0. The van der Waals surface area contributed by atoms with Gasteiger partial charge in [-0.1, -0.05) is 30.3 Å². The number of pyridine rings is 1. The predicted molar refractivity (Wildman–Crippen MR) is 131 cm³/mol. The SMILES string of the molecule is O=C(/C=C/c1ccccn1)N(CC1CCN(C2Cc3ccccc3C2)CC1)C[C@H]1CCCO1. The summed E-state index contributed by atoms with van der Waals surface area (Å²) in [5, 5.41) is 0. The van der Waals surface area contributed by atoms with E-state index in [9.17, 15) is 4.79 Å². The van der Waals surface area contributed by atoms with Crippen molar-refractivity contribution in [3.63, 3.8) is 0 Å². The first kappa shape index (κ1) is 22.3. The summed E-state index contributed by atoms with van der Waals surface area (Å²) in [5.74, 6) is 0.628. The molecule has 3 aliphatic rings. The van der Waals surface area contributed by atoms with E-state index in [1.165, 1.54) is 24.0 Å². The second-order valence-electron chi connectivity index (χ2n) is 9.78. The lowest BCUT2D eigenvalue weighted by Gasteiger charge is -2.38. The monoisotopic (exact) mass is 445 g/mol. The van der Waals surface area contributed by atoms with Crippen molar-refractivity contribution in [1.29, 1.82) is 0 Å². The first-order valence-electron chi connectivity index (χ1n) is 12.5. The van der Waals surface area contributed by atoms with E-state index in [4.69, 9.17) is 4.74 Å². The predicted octanol–water partition coefficient (Wildman–Crippen LogP) is 3.98. The maximum atomic E-state index is 13.1. The molecule has 0 N–H and O–H groups in total. The van der Waals surface area contributed by atoms with Crippen molar-refractivity contribution in [2.24, 2.45) is 5.92 Å². The van der Waals surface area contributed by atoms with Gasteiger partial charge in [0.2, 0.25) is 5.91 Å². The zero-order valence-electron chi connectivity index (χ0n) is 19.4. The molecule has 5 heteroatoms. The molecule has 3 heterocycles. The van der Waals surface area contributed by atoms with Crippen LogP contribution >= 0.6 is 0 Å². The van der Waals surface area contributed by atoms with Crippen molar-refractivity contribution < 1.29 is 9.53 Å². The first-order valence-corrected chi connectivity index (χ1v) is 12.5. The van der Waals surface area contributed by atoms with E-state index in [1.54, 1.807) is 12.3 Å². The van der Waals surface area contributed by atoms with Gasteiger partial charge in [-0.3, -0.25) is 14.7 Å². The van der Waals surface area contributed by atoms with E-state index in [0.29, 0.717) is 18.5 Å². The average molecular weight is 446 g/mol. The fourth-order valence-corrected chi connectivity index (χ4v) is 5.63. The lowest BCUT2D eigenvalue weighted by Crippen LogP contribution is -2.46. The van der Waals surface area contributed by atoms with Gasteiger partial charge in [-0.05, 0) is 86.9 Å². The van der Waals surface area contributed by atoms with Gasteiger partial charge in [0.25, 0.3) is 0 Å². The molecule has 1 aromatic carbocycles. The largest absolute Gasteiger partial charge is 0.376 e. The third-order valence-electron chi connectivity index (χ3n) is 7.52. The number of likely N-dealkylation sites (tertiary alicyclic amines) is 1. The third kappa shape index (κ3) is 5.71. The lowest BCUT2D eigenvalue weighted by atomic mass is 9.94. The van der Waals surface area contributed by atoms with Gasteiger partial charge in [0, 0.05) is 38.0 Å². The second-order valence-corrected chi connectivity index (χ2v) is 9.78. The highest BCUT2D eigenvalue weighted by Gasteiger charge is 2.31. The van der Waals surface area contributed by atoms with E-state index in [0.717, 1.165) is 57.6 Å².